The number of nitrogens with zero attached hydrogens (tertiary/aromatic N) is 1. The Morgan fingerprint density at radius 2 is 1.88 bits per heavy atom. The van der Waals surface area contributed by atoms with Gasteiger partial charge in [-0.15, -0.1) is 0 Å². The van der Waals surface area contributed by atoms with Crippen LogP contribution in [0.15, 0.2) is 30.3 Å². The van der Waals surface area contributed by atoms with E-state index in [-0.39, 0.29) is 0 Å². The summed E-state index contributed by atoms with van der Waals surface area (Å²) in [4.78, 5) is 2.42. The molecule has 1 heterocycles. The predicted octanol–water partition coefficient (Wildman–Crippen LogP) is 2.47. The van der Waals surface area contributed by atoms with Gasteiger partial charge < -0.3 is 10.2 Å². The number of likely N-dealkylation sites (tertiary alicyclic amines) is 1. The van der Waals surface area contributed by atoms with Crippen LogP contribution < -0.4 is 5.32 Å². The third-order valence-electron chi connectivity index (χ3n) is 3.80. The van der Waals surface area contributed by atoms with Crippen molar-refractivity contribution in [3.63, 3.8) is 0 Å². The molecule has 17 heavy (non-hydrogen) atoms. The van der Waals surface area contributed by atoms with Crippen LogP contribution in [0.2, 0.25) is 0 Å². The largest absolute Gasteiger partial charge is 0.313 e. The van der Waals surface area contributed by atoms with E-state index in [4.69, 9.17) is 0 Å². The first-order chi connectivity index (χ1) is 8.25. The Kier molecular flexibility index (Phi) is 4.57. The van der Waals surface area contributed by atoms with Crippen LogP contribution in [0.3, 0.4) is 0 Å². The molecule has 0 unspecified atom stereocenters. The maximum absolute atomic E-state index is 3.71. The monoisotopic (exact) mass is 232 g/mol. The van der Waals surface area contributed by atoms with E-state index in [2.05, 4.69) is 54.5 Å². The fourth-order valence-corrected chi connectivity index (χ4v) is 2.46. The molecule has 0 amide bonds. The van der Waals surface area contributed by atoms with Gasteiger partial charge in [-0.1, -0.05) is 37.3 Å². The average Bonchev–Trinajstić information content (AvgIpc) is 2.39. The van der Waals surface area contributed by atoms with E-state index in [0.717, 1.165) is 12.6 Å². The molecular formula is C15H24N2. The summed E-state index contributed by atoms with van der Waals surface area (Å²) in [5.41, 5.74) is 1.44. The molecule has 1 saturated heterocycles. The molecule has 1 aliphatic heterocycles. The van der Waals surface area contributed by atoms with Gasteiger partial charge in [0.05, 0.1) is 0 Å². The fraction of sp³-hybridized carbons (Fsp3) is 0.600. The third-order valence-corrected chi connectivity index (χ3v) is 3.80. The normalized spacial score (nSPS) is 20.4. The molecule has 0 saturated carbocycles. The maximum Gasteiger partial charge on any atom is 0.00916 e. The summed E-state index contributed by atoms with van der Waals surface area (Å²) in [5.74, 6) is 0.607. The van der Waals surface area contributed by atoms with E-state index in [0.29, 0.717) is 5.92 Å². The molecule has 1 fully saturated rings. The Balaban J connectivity index is 1.75. The van der Waals surface area contributed by atoms with E-state index in [1.807, 2.05) is 0 Å². The van der Waals surface area contributed by atoms with Gasteiger partial charge in [-0.2, -0.15) is 0 Å². The summed E-state index contributed by atoms with van der Waals surface area (Å²) in [7, 11) is 2.21. The molecule has 0 radical (unpaired) electrons. The van der Waals surface area contributed by atoms with Crippen LogP contribution in [0, 0.1) is 0 Å². The minimum atomic E-state index is 0.607. The molecule has 2 rings (SSSR count). The van der Waals surface area contributed by atoms with Crippen molar-refractivity contribution in [2.75, 3.05) is 26.7 Å². The van der Waals surface area contributed by atoms with Crippen molar-refractivity contribution in [1.29, 1.82) is 0 Å². The molecule has 1 aromatic carbocycles. The molecule has 0 bridgehead atoms. The molecule has 1 atom stereocenters. The van der Waals surface area contributed by atoms with Gasteiger partial charge in [0, 0.05) is 12.6 Å². The number of benzene rings is 1. The zero-order valence-corrected chi connectivity index (χ0v) is 11.0. The van der Waals surface area contributed by atoms with Crippen molar-refractivity contribution in [1.82, 2.24) is 10.2 Å². The highest BCUT2D eigenvalue weighted by molar-refractivity contribution is 5.18. The second-order valence-corrected chi connectivity index (χ2v) is 5.30. The lowest BCUT2D eigenvalue weighted by atomic mass is 9.99. The van der Waals surface area contributed by atoms with Gasteiger partial charge in [0.15, 0.2) is 0 Å². The number of hydrogen-bond donors (Lipinski definition) is 1. The van der Waals surface area contributed by atoms with Crippen LogP contribution in [0.4, 0.5) is 0 Å². The number of piperidine rings is 1. The van der Waals surface area contributed by atoms with Crippen molar-refractivity contribution < 1.29 is 0 Å². The summed E-state index contributed by atoms with van der Waals surface area (Å²) in [6, 6.07) is 11.5. The highest BCUT2D eigenvalue weighted by atomic mass is 15.1. The first-order valence-electron chi connectivity index (χ1n) is 6.72. The van der Waals surface area contributed by atoms with E-state index >= 15 is 0 Å². The molecule has 0 aliphatic carbocycles. The first kappa shape index (κ1) is 12.6. The molecule has 0 aromatic heterocycles. The summed E-state index contributed by atoms with van der Waals surface area (Å²) in [5, 5.41) is 3.71. The van der Waals surface area contributed by atoms with Gasteiger partial charge in [-0.05, 0) is 44.5 Å². The van der Waals surface area contributed by atoms with Crippen LogP contribution >= 0.6 is 0 Å². The third kappa shape index (κ3) is 3.83. The van der Waals surface area contributed by atoms with Crippen molar-refractivity contribution in [3.8, 4) is 0 Å². The molecule has 2 heteroatoms. The van der Waals surface area contributed by atoms with Gasteiger partial charge in [-0.3, -0.25) is 0 Å². The molecule has 1 aromatic rings. The van der Waals surface area contributed by atoms with E-state index in [1.54, 1.807) is 0 Å². The SMILES string of the molecule is C[C@H](CNC1CCN(C)CC1)c1ccccc1. The quantitative estimate of drug-likeness (QED) is 0.858. The highest BCUT2D eigenvalue weighted by Gasteiger charge is 2.16. The van der Waals surface area contributed by atoms with Gasteiger partial charge >= 0.3 is 0 Å². The van der Waals surface area contributed by atoms with Crippen LogP contribution in [-0.4, -0.2) is 37.6 Å². The molecule has 0 spiro atoms. The van der Waals surface area contributed by atoms with Crippen molar-refractivity contribution in [3.05, 3.63) is 35.9 Å². The van der Waals surface area contributed by atoms with Gasteiger partial charge in [-0.25, -0.2) is 0 Å². The fourth-order valence-electron chi connectivity index (χ4n) is 2.46. The Morgan fingerprint density at radius 3 is 2.53 bits per heavy atom. The van der Waals surface area contributed by atoms with Gasteiger partial charge in [0.2, 0.25) is 0 Å². The van der Waals surface area contributed by atoms with Crippen LogP contribution in [0.1, 0.15) is 31.2 Å². The van der Waals surface area contributed by atoms with Crippen LogP contribution in [-0.2, 0) is 0 Å². The smallest absolute Gasteiger partial charge is 0.00916 e. The van der Waals surface area contributed by atoms with E-state index in [1.165, 1.54) is 31.5 Å². The average molecular weight is 232 g/mol. The standard InChI is InChI=1S/C15H24N2/c1-13(14-6-4-3-5-7-14)12-16-15-8-10-17(2)11-9-15/h3-7,13,15-16H,8-12H2,1-2H3/t13-/m1/s1. The minimum absolute atomic E-state index is 0.607. The van der Waals surface area contributed by atoms with Crippen molar-refractivity contribution >= 4 is 0 Å². The number of hydrogen-bond acceptors (Lipinski definition) is 2. The van der Waals surface area contributed by atoms with Crippen LogP contribution in [0.25, 0.3) is 0 Å². The van der Waals surface area contributed by atoms with Gasteiger partial charge in [0.25, 0.3) is 0 Å². The molecule has 94 valence electrons. The Labute approximate surface area is 105 Å². The summed E-state index contributed by atoms with van der Waals surface area (Å²) in [6.07, 6.45) is 2.58. The maximum atomic E-state index is 3.71. The van der Waals surface area contributed by atoms with E-state index < -0.39 is 0 Å². The second kappa shape index (κ2) is 6.18. The molecular weight excluding hydrogens is 208 g/mol. The lowest BCUT2D eigenvalue weighted by molar-refractivity contribution is 0.233. The van der Waals surface area contributed by atoms with E-state index in [9.17, 15) is 0 Å². The summed E-state index contributed by atoms with van der Waals surface area (Å²) < 4.78 is 0. The Bertz CT molecular complexity index is 315. The first-order valence-corrected chi connectivity index (χ1v) is 6.72. The molecule has 1 aliphatic rings. The predicted molar refractivity (Wildman–Crippen MR) is 73.4 cm³/mol. The minimum Gasteiger partial charge on any atom is -0.313 e. The summed E-state index contributed by atoms with van der Waals surface area (Å²) >= 11 is 0. The zero-order chi connectivity index (χ0) is 12.1. The lowest BCUT2D eigenvalue weighted by Crippen LogP contribution is -2.41. The zero-order valence-electron chi connectivity index (χ0n) is 11.0. The highest BCUT2D eigenvalue weighted by Crippen LogP contribution is 2.15. The van der Waals surface area contributed by atoms with Crippen molar-refractivity contribution in [2.45, 2.75) is 31.7 Å². The molecule has 1 N–H and O–H groups in total. The van der Waals surface area contributed by atoms with Crippen molar-refractivity contribution in [2.24, 2.45) is 0 Å². The number of rotatable bonds is 4. The Hall–Kier alpha value is -0.860. The summed E-state index contributed by atoms with van der Waals surface area (Å²) in [6.45, 7) is 5.87. The second-order valence-electron chi connectivity index (χ2n) is 5.30. The van der Waals surface area contributed by atoms with Gasteiger partial charge in [0.1, 0.15) is 0 Å². The topological polar surface area (TPSA) is 15.3 Å². The lowest BCUT2D eigenvalue weighted by Gasteiger charge is -2.30. The molecule has 2 nitrogen and oxygen atoms in total. The van der Waals surface area contributed by atoms with Crippen LogP contribution in [0.5, 0.6) is 0 Å². The Morgan fingerprint density at radius 1 is 1.24 bits per heavy atom. The number of nitrogens with one attached hydrogen (secondary N) is 1.